The molecule has 7 rings (SSSR count). The van der Waals surface area contributed by atoms with Crippen LogP contribution >= 0.6 is 0 Å². The fourth-order valence-corrected chi connectivity index (χ4v) is 6.60. The first kappa shape index (κ1) is 20.8. The van der Waals surface area contributed by atoms with Crippen molar-refractivity contribution in [1.82, 2.24) is 4.57 Å². The van der Waals surface area contributed by atoms with E-state index in [0.717, 1.165) is 5.46 Å². The summed E-state index contributed by atoms with van der Waals surface area (Å²) in [5.74, 6) is 0. The predicted molar refractivity (Wildman–Crippen MR) is 141 cm³/mol. The minimum Gasteiger partial charge on any atom is -0.399 e. The second kappa shape index (κ2) is 5.80. The molecule has 0 atom stereocenters. The molecule has 1 fully saturated rings. The molecule has 0 unspecified atom stereocenters. The van der Waals surface area contributed by atoms with Crippen LogP contribution in [0.25, 0.3) is 27.5 Å². The first-order valence-electron chi connectivity index (χ1n) is 12.5. The summed E-state index contributed by atoms with van der Waals surface area (Å²) in [7, 11) is -0.378. The van der Waals surface area contributed by atoms with E-state index in [1.165, 1.54) is 49.7 Å². The molecule has 0 spiro atoms. The quantitative estimate of drug-likeness (QED) is 0.316. The molecule has 3 aliphatic rings. The molecule has 34 heavy (non-hydrogen) atoms. The second-order valence-corrected chi connectivity index (χ2v) is 12.5. The van der Waals surface area contributed by atoms with Gasteiger partial charge in [0.1, 0.15) is 0 Å². The molecule has 3 aromatic carbocycles. The van der Waals surface area contributed by atoms with Crippen LogP contribution in [-0.2, 0) is 20.1 Å². The monoisotopic (exact) mass is 449 g/mol. The number of nitrogens with zero attached hydrogens (tertiary/aromatic N) is 1. The summed E-state index contributed by atoms with van der Waals surface area (Å²) >= 11 is 0. The highest BCUT2D eigenvalue weighted by Crippen LogP contribution is 2.54. The molecule has 0 bridgehead atoms. The Kier molecular flexibility index (Phi) is 3.55. The van der Waals surface area contributed by atoms with Gasteiger partial charge in [-0.3, -0.25) is 0 Å². The lowest BCUT2D eigenvalue weighted by Crippen LogP contribution is -2.41. The highest BCUT2D eigenvalue weighted by molar-refractivity contribution is 6.62. The van der Waals surface area contributed by atoms with Gasteiger partial charge in [0.15, 0.2) is 0 Å². The summed E-state index contributed by atoms with van der Waals surface area (Å²) in [5.41, 5.74) is 9.67. The predicted octanol–water partition coefficient (Wildman–Crippen LogP) is 6.36. The minimum atomic E-state index is -0.378. The lowest BCUT2D eigenvalue weighted by atomic mass is 9.65. The van der Waals surface area contributed by atoms with Gasteiger partial charge in [-0.05, 0) is 55.4 Å². The summed E-state index contributed by atoms with van der Waals surface area (Å²) in [6.45, 7) is 18.0. The standard InChI is InChI=1S/C30H32BNO2/c1-27(2)20-13-9-11-18-19-12-10-14-21-25(19)32(24(18)20)26-22(27)15-17(16-23(26)28(21,3)4)31-33-29(5,6)30(7,8)34-31/h9-16H,1-8H3. The Morgan fingerprint density at radius 2 is 1.06 bits per heavy atom. The number of fused-ring (bicyclic) bond motifs is 1. The Hall–Kier alpha value is -2.56. The van der Waals surface area contributed by atoms with Crippen LogP contribution < -0.4 is 5.46 Å². The van der Waals surface area contributed by atoms with Crippen molar-refractivity contribution < 1.29 is 9.31 Å². The number of para-hydroxylation sites is 2. The molecule has 3 nitrogen and oxygen atoms in total. The molecule has 0 aliphatic carbocycles. The molecule has 4 heterocycles. The van der Waals surface area contributed by atoms with Crippen LogP contribution in [0.5, 0.6) is 0 Å². The van der Waals surface area contributed by atoms with E-state index in [9.17, 15) is 0 Å². The van der Waals surface area contributed by atoms with Gasteiger partial charge in [0, 0.05) is 21.6 Å². The van der Waals surface area contributed by atoms with Crippen molar-refractivity contribution in [3.8, 4) is 5.69 Å². The molecule has 0 amide bonds. The van der Waals surface area contributed by atoms with E-state index in [1.807, 2.05) is 0 Å². The zero-order valence-corrected chi connectivity index (χ0v) is 21.5. The third-order valence-electron chi connectivity index (χ3n) is 9.38. The van der Waals surface area contributed by atoms with Crippen LogP contribution in [0.2, 0.25) is 0 Å². The molecule has 1 aromatic heterocycles. The third-order valence-corrected chi connectivity index (χ3v) is 9.38. The van der Waals surface area contributed by atoms with Crippen LogP contribution in [0.4, 0.5) is 0 Å². The maximum Gasteiger partial charge on any atom is 0.494 e. The average Bonchev–Trinajstić information content (AvgIpc) is 3.21. The smallest absolute Gasteiger partial charge is 0.399 e. The molecule has 3 aliphatic heterocycles. The fraction of sp³-hybridized carbons (Fsp3) is 0.400. The van der Waals surface area contributed by atoms with Crippen LogP contribution in [0.15, 0.2) is 48.5 Å². The Morgan fingerprint density at radius 3 is 1.50 bits per heavy atom. The summed E-state index contributed by atoms with van der Waals surface area (Å²) in [6.07, 6.45) is 0. The van der Waals surface area contributed by atoms with Crippen molar-refractivity contribution in [3.63, 3.8) is 0 Å². The van der Waals surface area contributed by atoms with E-state index in [1.54, 1.807) is 0 Å². The highest BCUT2D eigenvalue weighted by atomic mass is 16.7. The average molecular weight is 449 g/mol. The summed E-state index contributed by atoms with van der Waals surface area (Å²) in [4.78, 5) is 0. The Bertz CT molecular complexity index is 1460. The van der Waals surface area contributed by atoms with Gasteiger partial charge >= 0.3 is 7.12 Å². The Labute approximate surface area is 202 Å². The van der Waals surface area contributed by atoms with Gasteiger partial charge in [-0.1, -0.05) is 76.2 Å². The molecule has 172 valence electrons. The zero-order chi connectivity index (χ0) is 24.0. The summed E-state index contributed by atoms with van der Waals surface area (Å²) < 4.78 is 15.6. The first-order valence-corrected chi connectivity index (χ1v) is 12.5. The van der Waals surface area contributed by atoms with Crippen molar-refractivity contribution >= 4 is 34.4 Å². The van der Waals surface area contributed by atoms with Gasteiger partial charge in [-0.25, -0.2) is 0 Å². The lowest BCUT2D eigenvalue weighted by molar-refractivity contribution is 0.00578. The third kappa shape index (κ3) is 2.18. The van der Waals surface area contributed by atoms with E-state index in [0.29, 0.717) is 0 Å². The molecule has 0 saturated carbocycles. The van der Waals surface area contributed by atoms with E-state index in [4.69, 9.17) is 9.31 Å². The normalized spacial score (nSPS) is 22.2. The highest BCUT2D eigenvalue weighted by Gasteiger charge is 2.53. The number of hydrogen-bond acceptors (Lipinski definition) is 2. The molecular formula is C30H32BNO2. The molecular weight excluding hydrogens is 417 g/mol. The summed E-state index contributed by atoms with van der Waals surface area (Å²) in [5, 5.41) is 2.71. The largest absolute Gasteiger partial charge is 0.494 e. The van der Waals surface area contributed by atoms with Crippen molar-refractivity contribution in [2.24, 2.45) is 0 Å². The van der Waals surface area contributed by atoms with Gasteiger partial charge in [0.2, 0.25) is 0 Å². The minimum absolute atomic E-state index is 0.138. The summed E-state index contributed by atoms with van der Waals surface area (Å²) in [6, 6.07) is 18.4. The molecule has 1 saturated heterocycles. The molecule has 0 radical (unpaired) electrons. The van der Waals surface area contributed by atoms with Crippen LogP contribution in [-0.4, -0.2) is 22.9 Å². The number of rotatable bonds is 1. The Morgan fingerprint density at radius 1 is 0.618 bits per heavy atom. The lowest BCUT2D eigenvalue weighted by Gasteiger charge is -2.42. The number of aromatic nitrogens is 1. The van der Waals surface area contributed by atoms with Crippen LogP contribution in [0, 0.1) is 0 Å². The van der Waals surface area contributed by atoms with Crippen molar-refractivity contribution in [3.05, 3.63) is 70.8 Å². The second-order valence-electron chi connectivity index (χ2n) is 12.5. The van der Waals surface area contributed by atoms with Crippen molar-refractivity contribution in [2.75, 3.05) is 0 Å². The Balaban J connectivity index is 1.62. The van der Waals surface area contributed by atoms with E-state index < -0.39 is 0 Å². The first-order chi connectivity index (χ1) is 15.9. The van der Waals surface area contributed by atoms with Crippen LogP contribution in [0.1, 0.15) is 77.6 Å². The van der Waals surface area contributed by atoms with Gasteiger partial charge < -0.3 is 13.9 Å². The van der Waals surface area contributed by atoms with E-state index in [-0.39, 0.29) is 29.2 Å². The molecule has 4 aromatic rings. The molecule has 4 heteroatoms. The molecule has 0 N–H and O–H groups in total. The van der Waals surface area contributed by atoms with Gasteiger partial charge in [-0.15, -0.1) is 0 Å². The van der Waals surface area contributed by atoms with Gasteiger partial charge in [0.05, 0.1) is 27.9 Å². The number of benzene rings is 3. The topological polar surface area (TPSA) is 23.4 Å². The van der Waals surface area contributed by atoms with Crippen molar-refractivity contribution in [2.45, 2.75) is 77.4 Å². The fourth-order valence-electron chi connectivity index (χ4n) is 6.60. The van der Waals surface area contributed by atoms with Crippen molar-refractivity contribution in [1.29, 1.82) is 0 Å². The zero-order valence-electron chi connectivity index (χ0n) is 21.5. The van der Waals surface area contributed by atoms with E-state index >= 15 is 0 Å². The maximum atomic E-state index is 6.53. The van der Waals surface area contributed by atoms with E-state index in [2.05, 4.69) is 108 Å². The van der Waals surface area contributed by atoms with Crippen LogP contribution in [0.3, 0.4) is 0 Å². The SMILES string of the molecule is CC1(C)c2cc(B3OC(C)(C)C(C)(C)O3)cc3c2-n2c4c1cccc4c1cccc(c12)C3(C)C. The number of hydrogen-bond donors (Lipinski definition) is 0. The van der Waals surface area contributed by atoms with Gasteiger partial charge in [0.25, 0.3) is 0 Å². The van der Waals surface area contributed by atoms with Gasteiger partial charge in [-0.2, -0.15) is 0 Å². The maximum absolute atomic E-state index is 6.53.